The van der Waals surface area contributed by atoms with Crippen molar-refractivity contribution in [1.29, 1.82) is 0 Å². The van der Waals surface area contributed by atoms with Gasteiger partial charge in [-0.25, -0.2) is 9.67 Å². The third-order valence-corrected chi connectivity index (χ3v) is 3.03. The Kier molecular flexibility index (Phi) is 4.36. The molecular weight excluding hydrogens is 272 g/mol. The molecule has 112 valence electrons. The van der Waals surface area contributed by atoms with Gasteiger partial charge in [0.25, 0.3) is 5.91 Å². The van der Waals surface area contributed by atoms with Crippen molar-refractivity contribution in [1.82, 2.24) is 19.7 Å². The van der Waals surface area contributed by atoms with Crippen LogP contribution in [0.3, 0.4) is 0 Å². The standard InChI is InChI=1S/C13H18N6O2/c1-4-9-8(13(21-3)19(2)18-9)5-16-11-7-15-6-10(17-11)12(14)20/h6-7H,4-5H2,1-3H3,(H2,14,20)(H,16,17). The highest BCUT2D eigenvalue weighted by atomic mass is 16.5. The zero-order chi connectivity index (χ0) is 15.4. The Labute approximate surface area is 122 Å². The van der Waals surface area contributed by atoms with Crippen molar-refractivity contribution in [3.05, 3.63) is 29.3 Å². The third-order valence-electron chi connectivity index (χ3n) is 3.03. The number of ether oxygens (including phenoxy) is 1. The fraction of sp³-hybridized carbons (Fsp3) is 0.385. The van der Waals surface area contributed by atoms with E-state index in [4.69, 9.17) is 10.5 Å². The van der Waals surface area contributed by atoms with E-state index in [2.05, 4.69) is 20.4 Å². The van der Waals surface area contributed by atoms with Gasteiger partial charge >= 0.3 is 0 Å². The summed E-state index contributed by atoms with van der Waals surface area (Å²) < 4.78 is 7.06. The van der Waals surface area contributed by atoms with Gasteiger partial charge in [-0.15, -0.1) is 0 Å². The molecule has 0 aliphatic rings. The second-order valence-electron chi connectivity index (χ2n) is 4.42. The van der Waals surface area contributed by atoms with Gasteiger partial charge in [-0.05, 0) is 6.42 Å². The number of hydrogen-bond acceptors (Lipinski definition) is 6. The first kappa shape index (κ1) is 14.8. The van der Waals surface area contributed by atoms with E-state index >= 15 is 0 Å². The highest BCUT2D eigenvalue weighted by Gasteiger charge is 2.15. The van der Waals surface area contributed by atoms with Gasteiger partial charge in [0.2, 0.25) is 5.88 Å². The number of primary amides is 1. The zero-order valence-electron chi connectivity index (χ0n) is 12.3. The van der Waals surface area contributed by atoms with Crippen molar-refractivity contribution in [3.63, 3.8) is 0 Å². The molecule has 0 radical (unpaired) electrons. The van der Waals surface area contributed by atoms with Crippen LogP contribution >= 0.6 is 0 Å². The molecule has 0 unspecified atom stereocenters. The number of rotatable bonds is 6. The van der Waals surface area contributed by atoms with E-state index in [1.165, 1.54) is 12.4 Å². The van der Waals surface area contributed by atoms with Crippen LogP contribution in [0.25, 0.3) is 0 Å². The number of nitrogens with two attached hydrogens (primary N) is 1. The maximum atomic E-state index is 11.1. The van der Waals surface area contributed by atoms with E-state index in [1.54, 1.807) is 11.8 Å². The van der Waals surface area contributed by atoms with Crippen molar-refractivity contribution < 1.29 is 9.53 Å². The molecule has 1 amide bonds. The van der Waals surface area contributed by atoms with Crippen molar-refractivity contribution in [2.24, 2.45) is 12.8 Å². The molecule has 2 aromatic rings. The second kappa shape index (κ2) is 6.21. The number of nitrogens with one attached hydrogen (secondary N) is 1. The van der Waals surface area contributed by atoms with Crippen LogP contribution in [0.5, 0.6) is 5.88 Å². The number of carbonyl (C=O) groups excluding carboxylic acids is 1. The molecule has 2 rings (SSSR count). The largest absolute Gasteiger partial charge is 0.481 e. The van der Waals surface area contributed by atoms with Gasteiger partial charge in [-0.3, -0.25) is 9.78 Å². The number of anilines is 1. The van der Waals surface area contributed by atoms with Gasteiger partial charge in [-0.1, -0.05) is 6.92 Å². The molecule has 2 aromatic heterocycles. The first-order chi connectivity index (χ1) is 10.1. The molecule has 0 saturated heterocycles. The van der Waals surface area contributed by atoms with Crippen LogP contribution in [-0.2, 0) is 20.0 Å². The average molecular weight is 290 g/mol. The zero-order valence-corrected chi connectivity index (χ0v) is 12.3. The summed E-state index contributed by atoms with van der Waals surface area (Å²) in [5.74, 6) is 0.553. The van der Waals surface area contributed by atoms with Gasteiger partial charge in [0.1, 0.15) is 11.5 Å². The molecule has 0 aliphatic heterocycles. The van der Waals surface area contributed by atoms with Gasteiger partial charge in [0.15, 0.2) is 0 Å². The van der Waals surface area contributed by atoms with Gasteiger partial charge in [-0.2, -0.15) is 5.10 Å². The quantitative estimate of drug-likeness (QED) is 0.801. The summed E-state index contributed by atoms with van der Waals surface area (Å²) in [6.45, 7) is 2.50. The van der Waals surface area contributed by atoms with Crippen LogP contribution in [0.4, 0.5) is 5.82 Å². The Bertz CT molecular complexity index is 652. The normalized spacial score (nSPS) is 10.4. The third kappa shape index (κ3) is 3.10. The minimum atomic E-state index is -0.612. The Morgan fingerprint density at radius 1 is 1.48 bits per heavy atom. The summed E-state index contributed by atoms with van der Waals surface area (Å²) in [6, 6.07) is 0. The molecule has 8 heteroatoms. The van der Waals surface area contributed by atoms with E-state index in [-0.39, 0.29) is 5.69 Å². The predicted octanol–water partition coefficient (Wildman–Crippen LogP) is 0.492. The summed E-state index contributed by atoms with van der Waals surface area (Å²) in [7, 11) is 3.43. The summed E-state index contributed by atoms with van der Waals surface area (Å²) >= 11 is 0. The second-order valence-corrected chi connectivity index (χ2v) is 4.42. The van der Waals surface area contributed by atoms with Crippen LogP contribution in [0, 0.1) is 0 Å². The lowest BCUT2D eigenvalue weighted by Crippen LogP contribution is -2.15. The summed E-state index contributed by atoms with van der Waals surface area (Å²) in [5.41, 5.74) is 7.20. The van der Waals surface area contributed by atoms with Crippen molar-refractivity contribution in [2.75, 3.05) is 12.4 Å². The Morgan fingerprint density at radius 3 is 2.86 bits per heavy atom. The number of methoxy groups -OCH3 is 1. The molecule has 0 fully saturated rings. The minimum Gasteiger partial charge on any atom is -0.481 e. The van der Waals surface area contributed by atoms with Crippen LogP contribution in [0.15, 0.2) is 12.4 Å². The molecule has 0 aromatic carbocycles. The van der Waals surface area contributed by atoms with Crippen LogP contribution in [0.2, 0.25) is 0 Å². The number of aryl methyl sites for hydroxylation is 2. The number of amides is 1. The van der Waals surface area contributed by atoms with Gasteiger partial charge < -0.3 is 15.8 Å². The predicted molar refractivity (Wildman–Crippen MR) is 77.0 cm³/mol. The first-order valence-corrected chi connectivity index (χ1v) is 6.51. The molecule has 0 spiro atoms. The lowest BCUT2D eigenvalue weighted by molar-refractivity contribution is 0.0995. The lowest BCUT2D eigenvalue weighted by Gasteiger charge is -2.08. The maximum absolute atomic E-state index is 11.1. The topological polar surface area (TPSA) is 108 Å². The average Bonchev–Trinajstić information content (AvgIpc) is 2.80. The van der Waals surface area contributed by atoms with E-state index in [0.717, 1.165) is 17.7 Å². The van der Waals surface area contributed by atoms with Gasteiger partial charge in [0, 0.05) is 13.6 Å². The minimum absolute atomic E-state index is 0.119. The first-order valence-electron chi connectivity index (χ1n) is 6.51. The molecule has 0 saturated carbocycles. The molecule has 2 heterocycles. The SMILES string of the molecule is CCc1nn(C)c(OC)c1CNc1cncc(C(N)=O)n1. The molecule has 0 atom stereocenters. The van der Waals surface area contributed by atoms with Crippen LogP contribution in [0.1, 0.15) is 28.7 Å². The molecule has 0 aliphatic carbocycles. The molecule has 8 nitrogen and oxygen atoms in total. The van der Waals surface area contributed by atoms with Crippen LogP contribution in [-0.4, -0.2) is 32.8 Å². The smallest absolute Gasteiger partial charge is 0.268 e. The summed E-state index contributed by atoms with van der Waals surface area (Å²) in [6.07, 6.45) is 3.65. The van der Waals surface area contributed by atoms with E-state index < -0.39 is 5.91 Å². The van der Waals surface area contributed by atoms with E-state index in [1.807, 2.05) is 14.0 Å². The van der Waals surface area contributed by atoms with Crippen molar-refractivity contribution in [3.8, 4) is 5.88 Å². The van der Waals surface area contributed by atoms with Gasteiger partial charge in [0.05, 0.1) is 30.8 Å². The fourth-order valence-corrected chi connectivity index (χ4v) is 2.07. The number of carbonyl (C=O) groups is 1. The van der Waals surface area contributed by atoms with Crippen LogP contribution < -0.4 is 15.8 Å². The monoisotopic (exact) mass is 290 g/mol. The highest BCUT2D eigenvalue weighted by molar-refractivity contribution is 5.90. The lowest BCUT2D eigenvalue weighted by atomic mass is 10.2. The maximum Gasteiger partial charge on any atom is 0.268 e. The van der Waals surface area contributed by atoms with E-state index in [9.17, 15) is 4.79 Å². The molecule has 0 bridgehead atoms. The number of nitrogens with zero attached hydrogens (tertiary/aromatic N) is 4. The summed E-state index contributed by atoms with van der Waals surface area (Å²) in [5, 5.41) is 7.50. The van der Waals surface area contributed by atoms with Crippen molar-refractivity contribution >= 4 is 11.7 Å². The molecule has 21 heavy (non-hydrogen) atoms. The Hall–Kier alpha value is -2.64. The summed E-state index contributed by atoms with van der Waals surface area (Å²) in [4.78, 5) is 19.1. The molecular formula is C13H18N6O2. The number of aromatic nitrogens is 4. The van der Waals surface area contributed by atoms with E-state index in [0.29, 0.717) is 18.2 Å². The Morgan fingerprint density at radius 2 is 2.24 bits per heavy atom. The number of hydrogen-bond donors (Lipinski definition) is 2. The highest BCUT2D eigenvalue weighted by Crippen LogP contribution is 2.22. The van der Waals surface area contributed by atoms with Crippen molar-refractivity contribution in [2.45, 2.75) is 19.9 Å². The Balaban J connectivity index is 2.20. The molecule has 3 N–H and O–H groups in total. The fourth-order valence-electron chi connectivity index (χ4n) is 2.07.